The van der Waals surface area contributed by atoms with Crippen LogP contribution < -0.4 is 10.6 Å². The first-order chi connectivity index (χ1) is 9.77. The lowest BCUT2D eigenvalue weighted by molar-refractivity contribution is -0.137. The number of benzene rings is 1. The highest BCUT2D eigenvalue weighted by molar-refractivity contribution is 6.31. The summed E-state index contributed by atoms with van der Waals surface area (Å²) in [7, 11) is 0. The zero-order chi connectivity index (χ0) is 15.6. The maximum atomic E-state index is 12.8. The van der Waals surface area contributed by atoms with E-state index in [4.69, 9.17) is 11.6 Å². The lowest BCUT2D eigenvalue weighted by Gasteiger charge is -2.27. The fourth-order valence-electron chi connectivity index (χ4n) is 2.43. The third-order valence-electron chi connectivity index (χ3n) is 3.53. The van der Waals surface area contributed by atoms with E-state index in [0.29, 0.717) is 12.8 Å². The van der Waals surface area contributed by atoms with Gasteiger partial charge in [0.25, 0.3) is 0 Å². The summed E-state index contributed by atoms with van der Waals surface area (Å²) in [6.45, 7) is 2.71. The van der Waals surface area contributed by atoms with E-state index in [2.05, 4.69) is 10.6 Å². The fourth-order valence-corrected chi connectivity index (χ4v) is 2.66. The first kappa shape index (κ1) is 16.1. The molecule has 1 aromatic rings. The van der Waals surface area contributed by atoms with Crippen molar-refractivity contribution >= 4 is 23.2 Å². The zero-order valence-corrected chi connectivity index (χ0v) is 12.2. The summed E-state index contributed by atoms with van der Waals surface area (Å²) in [4.78, 5) is 12.1. The topological polar surface area (TPSA) is 41.1 Å². The predicted octanol–water partition coefficient (Wildman–Crippen LogP) is 3.69. The molecule has 0 spiro atoms. The standard InChI is InChI=1S/C14H16ClF3N2O/c1-8-6-9(4-5-19-8)13(21)20-10-2-3-12(15)11(7-10)14(16,17)18/h2-3,7-9,19H,4-6H2,1H3,(H,20,21). The van der Waals surface area contributed by atoms with Crippen LogP contribution >= 0.6 is 11.6 Å². The molecule has 0 bridgehead atoms. The zero-order valence-electron chi connectivity index (χ0n) is 11.4. The molecule has 1 heterocycles. The third kappa shape index (κ3) is 4.11. The molecule has 1 aromatic carbocycles. The van der Waals surface area contributed by atoms with Crippen molar-refractivity contribution in [1.82, 2.24) is 5.32 Å². The summed E-state index contributed by atoms with van der Waals surface area (Å²) in [6.07, 6.45) is -3.19. The van der Waals surface area contributed by atoms with Gasteiger partial charge in [-0.2, -0.15) is 13.2 Å². The molecule has 1 fully saturated rings. The lowest BCUT2D eigenvalue weighted by atomic mass is 9.92. The van der Waals surface area contributed by atoms with Gasteiger partial charge in [-0.3, -0.25) is 4.79 Å². The summed E-state index contributed by atoms with van der Waals surface area (Å²) in [5.41, 5.74) is -0.830. The second kappa shape index (κ2) is 6.23. The second-order valence-corrected chi connectivity index (χ2v) is 5.67. The van der Waals surface area contributed by atoms with Crippen molar-refractivity contribution in [3.8, 4) is 0 Å². The van der Waals surface area contributed by atoms with Crippen LogP contribution in [0.4, 0.5) is 18.9 Å². The summed E-state index contributed by atoms with van der Waals surface area (Å²) in [6, 6.07) is 3.61. The highest BCUT2D eigenvalue weighted by Gasteiger charge is 2.33. The van der Waals surface area contributed by atoms with Crippen molar-refractivity contribution in [3.05, 3.63) is 28.8 Å². The van der Waals surface area contributed by atoms with Crippen LogP contribution in [-0.4, -0.2) is 18.5 Å². The quantitative estimate of drug-likeness (QED) is 0.872. The van der Waals surface area contributed by atoms with Gasteiger partial charge in [-0.25, -0.2) is 0 Å². The van der Waals surface area contributed by atoms with Crippen LogP contribution in [0, 0.1) is 5.92 Å². The van der Waals surface area contributed by atoms with Crippen molar-refractivity contribution in [2.75, 3.05) is 11.9 Å². The van der Waals surface area contributed by atoms with Gasteiger partial charge in [-0.15, -0.1) is 0 Å². The Bertz CT molecular complexity index is 533. The van der Waals surface area contributed by atoms with Gasteiger partial charge >= 0.3 is 6.18 Å². The highest BCUT2D eigenvalue weighted by atomic mass is 35.5. The molecule has 1 aliphatic heterocycles. The van der Waals surface area contributed by atoms with Crippen molar-refractivity contribution < 1.29 is 18.0 Å². The van der Waals surface area contributed by atoms with Gasteiger partial charge in [0.15, 0.2) is 0 Å². The molecule has 21 heavy (non-hydrogen) atoms. The van der Waals surface area contributed by atoms with E-state index in [1.807, 2.05) is 6.92 Å². The normalized spacial score (nSPS) is 22.9. The maximum Gasteiger partial charge on any atom is 0.417 e. The van der Waals surface area contributed by atoms with Crippen LogP contribution in [0.1, 0.15) is 25.3 Å². The minimum absolute atomic E-state index is 0.114. The van der Waals surface area contributed by atoms with Crippen LogP contribution in [0.3, 0.4) is 0 Å². The average Bonchev–Trinajstić information content (AvgIpc) is 2.39. The van der Waals surface area contributed by atoms with E-state index in [1.54, 1.807) is 0 Å². The first-order valence-electron chi connectivity index (χ1n) is 6.68. The molecule has 2 N–H and O–H groups in total. The maximum absolute atomic E-state index is 12.8. The van der Waals surface area contributed by atoms with E-state index >= 15 is 0 Å². The number of alkyl halides is 3. The molecule has 1 amide bonds. The van der Waals surface area contributed by atoms with Gasteiger partial charge in [0.2, 0.25) is 5.91 Å². The minimum Gasteiger partial charge on any atom is -0.326 e. The Balaban J connectivity index is 2.11. The molecular formula is C14H16ClF3N2O. The molecular weight excluding hydrogens is 305 g/mol. The number of anilines is 1. The van der Waals surface area contributed by atoms with Gasteiger partial charge in [-0.1, -0.05) is 11.6 Å². The van der Waals surface area contributed by atoms with Gasteiger partial charge in [0.1, 0.15) is 0 Å². The predicted molar refractivity (Wildman–Crippen MR) is 75.3 cm³/mol. The fraction of sp³-hybridized carbons (Fsp3) is 0.500. The minimum atomic E-state index is -4.54. The Morgan fingerprint density at radius 1 is 1.43 bits per heavy atom. The summed E-state index contributed by atoms with van der Waals surface area (Å²) in [5.74, 6) is -0.440. The number of carbonyl (C=O) groups is 1. The van der Waals surface area contributed by atoms with E-state index in [9.17, 15) is 18.0 Å². The number of halogens is 4. The first-order valence-corrected chi connectivity index (χ1v) is 7.06. The molecule has 0 saturated carbocycles. The van der Waals surface area contributed by atoms with Gasteiger partial charge < -0.3 is 10.6 Å². The highest BCUT2D eigenvalue weighted by Crippen LogP contribution is 2.36. The van der Waals surface area contributed by atoms with E-state index < -0.39 is 11.7 Å². The molecule has 2 rings (SSSR count). The molecule has 3 nitrogen and oxygen atoms in total. The smallest absolute Gasteiger partial charge is 0.326 e. The van der Waals surface area contributed by atoms with E-state index in [1.165, 1.54) is 6.07 Å². The largest absolute Gasteiger partial charge is 0.417 e. The molecule has 0 radical (unpaired) electrons. The Hall–Kier alpha value is -1.27. The Morgan fingerprint density at radius 2 is 2.14 bits per heavy atom. The van der Waals surface area contributed by atoms with E-state index in [-0.39, 0.29) is 28.6 Å². The van der Waals surface area contributed by atoms with Gasteiger partial charge in [0.05, 0.1) is 10.6 Å². The summed E-state index contributed by atoms with van der Waals surface area (Å²) in [5, 5.41) is 5.39. The summed E-state index contributed by atoms with van der Waals surface area (Å²) >= 11 is 5.54. The summed E-state index contributed by atoms with van der Waals surface area (Å²) < 4.78 is 38.3. The number of amides is 1. The molecule has 7 heteroatoms. The molecule has 1 saturated heterocycles. The Morgan fingerprint density at radius 3 is 2.76 bits per heavy atom. The molecule has 0 aromatic heterocycles. The third-order valence-corrected chi connectivity index (χ3v) is 3.86. The monoisotopic (exact) mass is 320 g/mol. The molecule has 116 valence electrons. The number of hydrogen-bond donors (Lipinski definition) is 2. The van der Waals surface area contributed by atoms with Crippen molar-refractivity contribution in [3.63, 3.8) is 0 Å². The van der Waals surface area contributed by atoms with Crippen molar-refractivity contribution in [1.29, 1.82) is 0 Å². The number of rotatable bonds is 2. The Labute approximate surface area is 125 Å². The number of nitrogens with one attached hydrogen (secondary N) is 2. The molecule has 1 aliphatic rings. The van der Waals surface area contributed by atoms with Crippen LogP contribution in [0.15, 0.2) is 18.2 Å². The van der Waals surface area contributed by atoms with Gasteiger partial charge in [-0.05, 0) is 44.5 Å². The number of hydrogen-bond acceptors (Lipinski definition) is 2. The number of piperidine rings is 1. The van der Waals surface area contributed by atoms with Crippen LogP contribution in [-0.2, 0) is 11.0 Å². The second-order valence-electron chi connectivity index (χ2n) is 5.26. The van der Waals surface area contributed by atoms with Crippen molar-refractivity contribution in [2.24, 2.45) is 5.92 Å². The van der Waals surface area contributed by atoms with Crippen molar-refractivity contribution in [2.45, 2.75) is 32.0 Å². The molecule has 2 unspecified atom stereocenters. The molecule has 2 atom stereocenters. The van der Waals surface area contributed by atoms with Gasteiger partial charge in [0, 0.05) is 17.6 Å². The lowest BCUT2D eigenvalue weighted by Crippen LogP contribution is -2.40. The SMILES string of the molecule is CC1CC(C(=O)Nc2ccc(Cl)c(C(F)(F)F)c2)CCN1. The average molecular weight is 321 g/mol. The molecule has 0 aliphatic carbocycles. The number of carbonyl (C=O) groups excluding carboxylic acids is 1. The van der Waals surface area contributed by atoms with Crippen LogP contribution in [0.2, 0.25) is 5.02 Å². The van der Waals surface area contributed by atoms with E-state index in [0.717, 1.165) is 18.7 Å². The van der Waals surface area contributed by atoms with Crippen LogP contribution in [0.5, 0.6) is 0 Å². The Kier molecular flexibility index (Phi) is 4.78. The van der Waals surface area contributed by atoms with Crippen LogP contribution in [0.25, 0.3) is 0 Å².